The fourth-order valence-corrected chi connectivity index (χ4v) is 2.19. The zero-order chi connectivity index (χ0) is 11.5. The maximum absolute atomic E-state index is 9.88. The van der Waals surface area contributed by atoms with E-state index in [9.17, 15) is 5.11 Å². The van der Waals surface area contributed by atoms with Gasteiger partial charge in [0.25, 0.3) is 0 Å². The summed E-state index contributed by atoms with van der Waals surface area (Å²) >= 11 is 0. The summed E-state index contributed by atoms with van der Waals surface area (Å²) in [5, 5.41) is 9.88. The Balaban J connectivity index is 2.68. The predicted molar refractivity (Wildman–Crippen MR) is 61.7 cm³/mol. The normalized spacial score (nSPS) is 16.3. The van der Waals surface area contributed by atoms with Gasteiger partial charge in [-0.15, -0.1) is 0 Å². The van der Waals surface area contributed by atoms with Crippen molar-refractivity contribution in [1.82, 2.24) is 0 Å². The standard InChI is InChI=1S/C13H22O2/c1-5-13(4,10-12(2,3)14)9-11-7-6-8-15-11/h6-8,14H,5,9-10H2,1-4H3. The number of aliphatic hydroxyl groups is 1. The van der Waals surface area contributed by atoms with E-state index in [0.29, 0.717) is 0 Å². The van der Waals surface area contributed by atoms with Crippen molar-refractivity contribution in [1.29, 1.82) is 0 Å². The smallest absolute Gasteiger partial charge is 0.104 e. The monoisotopic (exact) mass is 210 g/mol. The van der Waals surface area contributed by atoms with Gasteiger partial charge < -0.3 is 9.52 Å². The molecule has 1 aromatic heterocycles. The van der Waals surface area contributed by atoms with Gasteiger partial charge in [-0.25, -0.2) is 0 Å². The van der Waals surface area contributed by atoms with Crippen LogP contribution in [0.2, 0.25) is 0 Å². The lowest BCUT2D eigenvalue weighted by molar-refractivity contribution is 0.0234. The van der Waals surface area contributed by atoms with E-state index in [1.54, 1.807) is 6.26 Å². The average molecular weight is 210 g/mol. The third kappa shape index (κ3) is 4.08. The molecule has 1 aromatic rings. The third-order valence-corrected chi connectivity index (χ3v) is 2.89. The van der Waals surface area contributed by atoms with Crippen LogP contribution in [0.5, 0.6) is 0 Å². The first-order valence-corrected chi connectivity index (χ1v) is 5.59. The number of rotatable bonds is 5. The van der Waals surface area contributed by atoms with E-state index >= 15 is 0 Å². The minimum absolute atomic E-state index is 0.107. The van der Waals surface area contributed by atoms with Crippen LogP contribution < -0.4 is 0 Å². The summed E-state index contributed by atoms with van der Waals surface area (Å²) in [5.74, 6) is 1.00. The molecular weight excluding hydrogens is 188 g/mol. The van der Waals surface area contributed by atoms with Gasteiger partial charge in [-0.05, 0) is 37.8 Å². The second-order valence-corrected chi connectivity index (χ2v) is 5.41. The SMILES string of the molecule is CCC(C)(Cc1ccco1)CC(C)(C)O. The Bertz CT molecular complexity index is 282. The van der Waals surface area contributed by atoms with Crippen LogP contribution in [-0.4, -0.2) is 10.7 Å². The quantitative estimate of drug-likeness (QED) is 0.808. The molecule has 0 aliphatic carbocycles. The zero-order valence-corrected chi connectivity index (χ0v) is 10.2. The third-order valence-electron chi connectivity index (χ3n) is 2.89. The van der Waals surface area contributed by atoms with Crippen molar-refractivity contribution < 1.29 is 9.52 Å². The minimum atomic E-state index is -0.614. The van der Waals surface area contributed by atoms with Crippen LogP contribution in [0.4, 0.5) is 0 Å². The second kappa shape index (κ2) is 4.40. The van der Waals surface area contributed by atoms with Crippen molar-refractivity contribution in [2.45, 2.75) is 52.6 Å². The van der Waals surface area contributed by atoms with Gasteiger partial charge >= 0.3 is 0 Å². The van der Waals surface area contributed by atoms with Crippen molar-refractivity contribution >= 4 is 0 Å². The van der Waals surface area contributed by atoms with E-state index in [1.165, 1.54) is 0 Å². The molecule has 2 nitrogen and oxygen atoms in total. The van der Waals surface area contributed by atoms with Crippen molar-refractivity contribution in [3.63, 3.8) is 0 Å². The molecule has 1 N–H and O–H groups in total. The van der Waals surface area contributed by atoms with Gasteiger partial charge in [0.1, 0.15) is 5.76 Å². The number of furan rings is 1. The van der Waals surface area contributed by atoms with E-state index in [-0.39, 0.29) is 5.41 Å². The summed E-state index contributed by atoms with van der Waals surface area (Å²) in [7, 11) is 0. The summed E-state index contributed by atoms with van der Waals surface area (Å²) in [6.07, 6.45) is 4.42. The first-order valence-electron chi connectivity index (χ1n) is 5.59. The lowest BCUT2D eigenvalue weighted by Crippen LogP contribution is -2.31. The molecule has 0 radical (unpaired) electrons. The summed E-state index contributed by atoms with van der Waals surface area (Å²) < 4.78 is 5.36. The van der Waals surface area contributed by atoms with Crippen LogP contribution in [0.15, 0.2) is 22.8 Å². The molecule has 1 rings (SSSR count). The highest BCUT2D eigenvalue weighted by Crippen LogP contribution is 2.35. The number of hydrogen-bond acceptors (Lipinski definition) is 2. The topological polar surface area (TPSA) is 33.4 Å². The van der Waals surface area contributed by atoms with E-state index < -0.39 is 5.60 Å². The van der Waals surface area contributed by atoms with Gasteiger partial charge in [-0.2, -0.15) is 0 Å². The van der Waals surface area contributed by atoms with Crippen LogP contribution >= 0.6 is 0 Å². The fourth-order valence-electron chi connectivity index (χ4n) is 2.19. The van der Waals surface area contributed by atoms with Crippen LogP contribution in [-0.2, 0) is 6.42 Å². The van der Waals surface area contributed by atoms with Crippen molar-refractivity contribution in [2.75, 3.05) is 0 Å². The molecule has 0 fully saturated rings. The average Bonchev–Trinajstić information content (AvgIpc) is 2.53. The molecule has 15 heavy (non-hydrogen) atoms. The van der Waals surface area contributed by atoms with Crippen molar-refractivity contribution in [2.24, 2.45) is 5.41 Å². The molecule has 86 valence electrons. The maximum Gasteiger partial charge on any atom is 0.104 e. The summed E-state index contributed by atoms with van der Waals surface area (Å²) in [4.78, 5) is 0. The molecule has 0 amide bonds. The first kappa shape index (κ1) is 12.3. The van der Waals surface area contributed by atoms with Crippen LogP contribution in [0.25, 0.3) is 0 Å². The molecule has 0 bridgehead atoms. The van der Waals surface area contributed by atoms with Crippen LogP contribution in [0.1, 0.15) is 46.3 Å². The van der Waals surface area contributed by atoms with E-state index in [1.807, 2.05) is 26.0 Å². The Kier molecular flexibility index (Phi) is 3.61. The van der Waals surface area contributed by atoms with Gasteiger partial charge in [0.05, 0.1) is 11.9 Å². The lowest BCUT2D eigenvalue weighted by Gasteiger charge is -2.33. The molecule has 0 saturated carbocycles. The first-order chi connectivity index (χ1) is 6.85. The Labute approximate surface area is 92.3 Å². The van der Waals surface area contributed by atoms with Crippen molar-refractivity contribution in [3.05, 3.63) is 24.2 Å². The van der Waals surface area contributed by atoms with Crippen LogP contribution in [0.3, 0.4) is 0 Å². The highest BCUT2D eigenvalue weighted by molar-refractivity contribution is 5.02. The molecule has 0 aliphatic heterocycles. The predicted octanol–water partition coefficient (Wildman–Crippen LogP) is 3.40. The molecule has 1 heterocycles. The molecule has 0 spiro atoms. The van der Waals surface area contributed by atoms with E-state index in [2.05, 4.69) is 13.8 Å². The highest BCUT2D eigenvalue weighted by atomic mass is 16.3. The molecule has 0 saturated heterocycles. The molecule has 0 aliphatic rings. The summed E-state index contributed by atoms with van der Waals surface area (Å²) in [6.45, 7) is 8.09. The van der Waals surface area contributed by atoms with Gasteiger partial charge in [-0.1, -0.05) is 20.3 Å². The van der Waals surface area contributed by atoms with E-state index in [0.717, 1.165) is 25.0 Å². The largest absolute Gasteiger partial charge is 0.469 e. The maximum atomic E-state index is 9.88. The van der Waals surface area contributed by atoms with Gasteiger partial charge in [0.2, 0.25) is 0 Å². The lowest BCUT2D eigenvalue weighted by atomic mass is 9.75. The second-order valence-electron chi connectivity index (χ2n) is 5.41. The Morgan fingerprint density at radius 3 is 2.40 bits per heavy atom. The zero-order valence-electron chi connectivity index (χ0n) is 10.2. The van der Waals surface area contributed by atoms with Crippen molar-refractivity contribution in [3.8, 4) is 0 Å². The fraction of sp³-hybridized carbons (Fsp3) is 0.692. The van der Waals surface area contributed by atoms with Gasteiger partial charge in [0, 0.05) is 6.42 Å². The highest BCUT2D eigenvalue weighted by Gasteiger charge is 2.30. The van der Waals surface area contributed by atoms with Crippen LogP contribution in [0, 0.1) is 5.41 Å². The minimum Gasteiger partial charge on any atom is -0.469 e. The molecule has 1 unspecified atom stereocenters. The molecular formula is C13H22O2. The van der Waals surface area contributed by atoms with Gasteiger partial charge in [0.15, 0.2) is 0 Å². The molecule has 2 heteroatoms. The number of hydrogen-bond donors (Lipinski definition) is 1. The van der Waals surface area contributed by atoms with Gasteiger partial charge in [-0.3, -0.25) is 0 Å². The Morgan fingerprint density at radius 2 is 2.00 bits per heavy atom. The summed E-state index contributed by atoms with van der Waals surface area (Å²) in [6, 6.07) is 3.91. The Hall–Kier alpha value is -0.760. The van der Waals surface area contributed by atoms with E-state index in [4.69, 9.17) is 4.42 Å². The molecule has 0 aromatic carbocycles. The summed E-state index contributed by atoms with van der Waals surface area (Å²) in [5.41, 5.74) is -0.506. The molecule has 1 atom stereocenters. The Morgan fingerprint density at radius 1 is 1.33 bits per heavy atom.